The summed E-state index contributed by atoms with van der Waals surface area (Å²) in [4.78, 5) is 12.3. The Labute approximate surface area is 82.3 Å². The van der Waals surface area contributed by atoms with E-state index in [4.69, 9.17) is 0 Å². The second-order valence-corrected chi connectivity index (χ2v) is 3.62. The highest BCUT2D eigenvalue weighted by molar-refractivity contribution is 5.62. The van der Waals surface area contributed by atoms with Gasteiger partial charge in [-0.3, -0.25) is 0 Å². The van der Waals surface area contributed by atoms with E-state index < -0.39 is 0 Å². The number of nitrogens with zero attached hydrogens (tertiary/aromatic N) is 1. The Kier molecular flexibility index (Phi) is 2.23. The van der Waals surface area contributed by atoms with Crippen LogP contribution in [0.5, 0.6) is 0 Å². The summed E-state index contributed by atoms with van der Waals surface area (Å²) in [5.41, 5.74) is 1.65. The molecule has 0 saturated carbocycles. The van der Waals surface area contributed by atoms with E-state index in [2.05, 4.69) is 0 Å². The standard InChI is InChI=1S/C11H12FNO/c1-13-9(5-6-14)7-8-3-2-4-10(12)11(8)13/h2-4,6,9H,5,7H2,1H3. The second kappa shape index (κ2) is 3.40. The molecule has 0 aliphatic carbocycles. The zero-order valence-corrected chi connectivity index (χ0v) is 8.03. The molecule has 2 rings (SSSR count). The minimum Gasteiger partial charge on any atom is -0.368 e. The lowest BCUT2D eigenvalue weighted by atomic mass is 10.1. The van der Waals surface area contributed by atoms with Gasteiger partial charge in [-0.1, -0.05) is 12.1 Å². The van der Waals surface area contributed by atoms with E-state index in [1.165, 1.54) is 6.07 Å². The van der Waals surface area contributed by atoms with Gasteiger partial charge in [0.2, 0.25) is 0 Å². The van der Waals surface area contributed by atoms with E-state index in [1.54, 1.807) is 6.07 Å². The average molecular weight is 193 g/mol. The number of fused-ring (bicyclic) bond motifs is 1. The van der Waals surface area contributed by atoms with Crippen molar-refractivity contribution in [1.82, 2.24) is 0 Å². The van der Waals surface area contributed by atoms with E-state index in [0.29, 0.717) is 12.1 Å². The van der Waals surface area contributed by atoms with Crippen LogP contribution in [0.15, 0.2) is 18.2 Å². The summed E-state index contributed by atoms with van der Waals surface area (Å²) in [6.07, 6.45) is 2.12. The molecule has 0 amide bonds. The SMILES string of the molecule is CN1c2c(F)cccc2CC1CC=O. The topological polar surface area (TPSA) is 20.3 Å². The van der Waals surface area contributed by atoms with E-state index in [-0.39, 0.29) is 11.9 Å². The van der Waals surface area contributed by atoms with E-state index in [9.17, 15) is 9.18 Å². The van der Waals surface area contributed by atoms with Crippen LogP contribution in [0, 0.1) is 5.82 Å². The highest BCUT2D eigenvalue weighted by Crippen LogP contribution is 2.33. The molecular weight excluding hydrogens is 181 g/mol. The number of carbonyl (C=O) groups is 1. The van der Waals surface area contributed by atoms with Crippen LogP contribution in [-0.4, -0.2) is 19.4 Å². The number of anilines is 1. The first kappa shape index (κ1) is 9.19. The second-order valence-electron chi connectivity index (χ2n) is 3.62. The highest BCUT2D eigenvalue weighted by Gasteiger charge is 2.28. The zero-order valence-electron chi connectivity index (χ0n) is 8.03. The molecule has 1 unspecified atom stereocenters. The fourth-order valence-corrected chi connectivity index (χ4v) is 2.05. The van der Waals surface area contributed by atoms with Gasteiger partial charge in [0.15, 0.2) is 0 Å². The van der Waals surface area contributed by atoms with Crippen molar-refractivity contribution < 1.29 is 9.18 Å². The molecule has 0 saturated heterocycles. The first-order chi connectivity index (χ1) is 6.74. The molecule has 0 radical (unpaired) electrons. The maximum atomic E-state index is 13.4. The number of rotatable bonds is 2. The van der Waals surface area contributed by atoms with Crippen LogP contribution in [-0.2, 0) is 11.2 Å². The van der Waals surface area contributed by atoms with Gasteiger partial charge in [-0.25, -0.2) is 4.39 Å². The number of para-hydroxylation sites is 1. The Balaban J connectivity index is 2.35. The number of halogens is 1. The Hall–Kier alpha value is -1.38. The summed E-state index contributed by atoms with van der Waals surface area (Å²) in [7, 11) is 1.84. The monoisotopic (exact) mass is 193 g/mol. The van der Waals surface area contributed by atoms with Crippen LogP contribution in [0.2, 0.25) is 0 Å². The summed E-state index contributed by atoms with van der Waals surface area (Å²) >= 11 is 0. The van der Waals surface area contributed by atoms with Crippen LogP contribution in [0.25, 0.3) is 0 Å². The van der Waals surface area contributed by atoms with Gasteiger partial charge in [0.05, 0.1) is 5.69 Å². The van der Waals surface area contributed by atoms with Crippen LogP contribution < -0.4 is 4.90 Å². The molecule has 0 bridgehead atoms. The maximum Gasteiger partial charge on any atom is 0.146 e. The smallest absolute Gasteiger partial charge is 0.146 e. The lowest BCUT2D eigenvalue weighted by Gasteiger charge is -2.20. The van der Waals surface area contributed by atoms with E-state index in [0.717, 1.165) is 18.3 Å². The van der Waals surface area contributed by atoms with Gasteiger partial charge >= 0.3 is 0 Å². The predicted octanol–water partition coefficient (Wildman–Crippen LogP) is 1.78. The number of hydrogen-bond donors (Lipinski definition) is 0. The zero-order chi connectivity index (χ0) is 10.1. The first-order valence-electron chi connectivity index (χ1n) is 4.68. The molecule has 1 aromatic carbocycles. The molecule has 2 nitrogen and oxygen atoms in total. The van der Waals surface area contributed by atoms with Gasteiger partial charge in [0, 0.05) is 19.5 Å². The number of carbonyl (C=O) groups excluding carboxylic acids is 1. The van der Waals surface area contributed by atoms with E-state index >= 15 is 0 Å². The maximum absolute atomic E-state index is 13.4. The van der Waals surface area contributed by atoms with Crippen LogP contribution in [0.1, 0.15) is 12.0 Å². The minimum absolute atomic E-state index is 0.124. The number of hydrogen-bond acceptors (Lipinski definition) is 2. The van der Waals surface area contributed by atoms with Crippen molar-refractivity contribution in [2.24, 2.45) is 0 Å². The molecule has 0 spiro atoms. The third kappa shape index (κ3) is 1.29. The highest BCUT2D eigenvalue weighted by atomic mass is 19.1. The van der Waals surface area contributed by atoms with Crippen molar-refractivity contribution in [3.05, 3.63) is 29.6 Å². The summed E-state index contributed by atoms with van der Waals surface area (Å²) in [5.74, 6) is -0.196. The third-order valence-electron chi connectivity index (χ3n) is 2.79. The molecule has 0 aromatic heterocycles. The van der Waals surface area contributed by atoms with Crippen molar-refractivity contribution in [3.63, 3.8) is 0 Å². The fraction of sp³-hybridized carbons (Fsp3) is 0.364. The lowest BCUT2D eigenvalue weighted by Crippen LogP contribution is -2.28. The van der Waals surface area contributed by atoms with Gasteiger partial charge in [0.1, 0.15) is 12.1 Å². The molecule has 1 aliphatic rings. The van der Waals surface area contributed by atoms with Gasteiger partial charge in [-0.2, -0.15) is 0 Å². The fourth-order valence-electron chi connectivity index (χ4n) is 2.05. The Morgan fingerprint density at radius 1 is 1.64 bits per heavy atom. The van der Waals surface area contributed by atoms with Gasteiger partial charge < -0.3 is 9.69 Å². The van der Waals surface area contributed by atoms with Crippen molar-refractivity contribution in [2.45, 2.75) is 18.9 Å². The largest absolute Gasteiger partial charge is 0.368 e. The molecule has 1 aliphatic heterocycles. The molecular formula is C11H12FNO. The van der Waals surface area contributed by atoms with Gasteiger partial charge in [-0.15, -0.1) is 0 Å². The first-order valence-corrected chi connectivity index (χ1v) is 4.68. The number of aldehydes is 1. The number of benzene rings is 1. The quantitative estimate of drug-likeness (QED) is 0.667. The van der Waals surface area contributed by atoms with Gasteiger partial charge in [0.25, 0.3) is 0 Å². The normalized spacial score (nSPS) is 19.6. The van der Waals surface area contributed by atoms with Crippen LogP contribution >= 0.6 is 0 Å². The lowest BCUT2D eigenvalue weighted by molar-refractivity contribution is -0.108. The molecule has 1 atom stereocenters. The van der Waals surface area contributed by atoms with Gasteiger partial charge in [-0.05, 0) is 18.1 Å². The van der Waals surface area contributed by atoms with Crippen molar-refractivity contribution in [3.8, 4) is 0 Å². The molecule has 0 N–H and O–H groups in total. The van der Waals surface area contributed by atoms with E-state index in [1.807, 2.05) is 18.0 Å². The molecule has 1 aromatic rings. The minimum atomic E-state index is -0.196. The summed E-state index contributed by atoms with van der Waals surface area (Å²) in [5, 5.41) is 0. The molecule has 0 fully saturated rings. The Morgan fingerprint density at radius 2 is 2.43 bits per heavy atom. The predicted molar refractivity (Wildman–Crippen MR) is 53.0 cm³/mol. The Bertz CT molecular complexity index is 364. The van der Waals surface area contributed by atoms with Crippen molar-refractivity contribution in [2.75, 3.05) is 11.9 Å². The Morgan fingerprint density at radius 3 is 3.07 bits per heavy atom. The molecule has 74 valence electrons. The molecule has 3 heteroatoms. The summed E-state index contributed by atoms with van der Waals surface area (Å²) in [6, 6.07) is 5.21. The van der Waals surface area contributed by atoms with Crippen LogP contribution in [0.3, 0.4) is 0 Å². The summed E-state index contributed by atoms with van der Waals surface area (Å²) < 4.78 is 13.4. The third-order valence-corrected chi connectivity index (χ3v) is 2.79. The number of likely N-dealkylation sites (N-methyl/N-ethyl adjacent to an activating group) is 1. The van der Waals surface area contributed by atoms with Crippen molar-refractivity contribution in [1.29, 1.82) is 0 Å². The molecule has 14 heavy (non-hydrogen) atoms. The average Bonchev–Trinajstić information content (AvgIpc) is 2.46. The molecule has 1 heterocycles. The van der Waals surface area contributed by atoms with Crippen LogP contribution in [0.4, 0.5) is 10.1 Å². The summed E-state index contributed by atoms with van der Waals surface area (Å²) in [6.45, 7) is 0. The van der Waals surface area contributed by atoms with Crippen molar-refractivity contribution >= 4 is 12.0 Å².